The van der Waals surface area contributed by atoms with Gasteiger partial charge in [0.05, 0.1) is 40.6 Å². The van der Waals surface area contributed by atoms with Crippen LogP contribution >= 0.6 is 0 Å². The minimum atomic E-state index is -0.107. The first-order valence-electron chi connectivity index (χ1n) is 19.0. The summed E-state index contributed by atoms with van der Waals surface area (Å²) in [5.41, 5.74) is 12.1. The summed E-state index contributed by atoms with van der Waals surface area (Å²) in [5, 5.41) is 16.7. The minimum absolute atomic E-state index is 0.0465. The molecule has 1 aliphatic heterocycles. The molecular weight excluding hydrogens is 659 g/mol. The number of fused-ring (bicyclic) bond motifs is 6. The fourth-order valence-electron chi connectivity index (χ4n) is 8.45. The van der Waals surface area contributed by atoms with E-state index < -0.39 is 0 Å². The van der Waals surface area contributed by atoms with Crippen LogP contribution in [-0.2, 0) is 5.41 Å². The Balaban J connectivity index is 1.12. The Morgan fingerprint density at radius 3 is 1.43 bits per heavy atom. The second-order valence-corrected chi connectivity index (χ2v) is 15.6. The Labute approximate surface area is 315 Å². The summed E-state index contributed by atoms with van der Waals surface area (Å²) in [7, 11) is 0. The molecule has 264 valence electrons. The van der Waals surface area contributed by atoms with E-state index in [-0.39, 0.29) is 23.9 Å². The van der Waals surface area contributed by atoms with E-state index in [9.17, 15) is 0 Å². The molecule has 7 aromatic carbocycles. The molecule has 54 heavy (non-hydrogen) atoms. The van der Waals surface area contributed by atoms with Gasteiger partial charge in [0.25, 0.3) is 0 Å². The molecule has 3 atom stereocenters. The van der Waals surface area contributed by atoms with Gasteiger partial charge in [0.2, 0.25) is 0 Å². The number of hydrogen-bond acceptors (Lipinski definition) is 3. The fraction of sp³-hybridized carbons (Fsp3) is 0.143. The van der Waals surface area contributed by atoms with Gasteiger partial charge in [-0.1, -0.05) is 142 Å². The monoisotopic (exact) mass is 701 g/mol. The lowest BCUT2D eigenvalue weighted by Crippen LogP contribution is -2.54. The predicted octanol–water partition coefficient (Wildman–Crippen LogP) is 11.4. The zero-order chi connectivity index (χ0) is 36.4. The van der Waals surface area contributed by atoms with E-state index in [1.165, 1.54) is 65.9 Å². The maximum Gasteiger partial charge on any atom is 0.0865 e. The fourth-order valence-corrected chi connectivity index (χ4v) is 8.45. The second-order valence-electron chi connectivity index (χ2n) is 15.6. The van der Waals surface area contributed by atoms with Crippen LogP contribution in [0.1, 0.15) is 61.5 Å². The molecule has 5 nitrogen and oxygen atoms in total. The van der Waals surface area contributed by atoms with Crippen molar-refractivity contribution >= 4 is 43.6 Å². The molecular formula is C49H43N5. The molecule has 1 aliphatic rings. The smallest absolute Gasteiger partial charge is 0.0865 e. The van der Waals surface area contributed by atoms with Crippen molar-refractivity contribution in [2.24, 2.45) is 0 Å². The van der Waals surface area contributed by atoms with Gasteiger partial charge >= 0.3 is 0 Å². The summed E-state index contributed by atoms with van der Waals surface area (Å²) in [6.07, 6.45) is -0.209. The normalized spacial score (nSPS) is 17.9. The Morgan fingerprint density at radius 1 is 0.370 bits per heavy atom. The molecule has 3 N–H and O–H groups in total. The first-order valence-corrected chi connectivity index (χ1v) is 19.0. The van der Waals surface area contributed by atoms with E-state index in [1.807, 2.05) is 0 Å². The number of para-hydroxylation sites is 3. The molecule has 0 radical (unpaired) electrons. The molecule has 3 heterocycles. The second kappa shape index (κ2) is 12.9. The van der Waals surface area contributed by atoms with Crippen molar-refractivity contribution in [3.63, 3.8) is 0 Å². The molecule has 2 aromatic heterocycles. The van der Waals surface area contributed by atoms with E-state index in [0.717, 1.165) is 11.4 Å². The van der Waals surface area contributed by atoms with Crippen LogP contribution in [0.5, 0.6) is 0 Å². The number of benzene rings is 7. The quantitative estimate of drug-likeness (QED) is 0.167. The van der Waals surface area contributed by atoms with E-state index in [4.69, 9.17) is 0 Å². The highest BCUT2D eigenvalue weighted by Gasteiger charge is 2.30. The van der Waals surface area contributed by atoms with E-state index in [2.05, 4.69) is 216 Å². The highest BCUT2D eigenvalue weighted by molar-refractivity contribution is 6.19. The number of nitrogens with zero attached hydrogens (tertiary/aromatic N) is 2. The van der Waals surface area contributed by atoms with Crippen molar-refractivity contribution < 1.29 is 0 Å². The third-order valence-corrected chi connectivity index (χ3v) is 11.2. The molecule has 0 spiro atoms. The van der Waals surface area contributed by atoms with Crippen LogP contribution in [0, 0.1) is 0 Å². The predicted molar refractivity (Wildman–Crippen MR) is 224 cm³/mol. The molecule has 5 heteroatoms. The summed E-state index contributed by atoms with van der Waals surface area (Å²) in [6.45, 7) is 6.79. The van der Waals surface area contributed by atoms with Gasteiger partial charge < -0.3 is 9.13 Å². The van der Waals surface area contributed by atoms with Crippen molar-refractivity contribution in [1.29, 1.82) is 0 Å². The zero-order valence-corrected chi connectivity index (χ0v) is 30.8. The maximum absolute atomic E-state index is 3.92. The van der Waals surface area contributed by atoms with Gasteiger partial charge in [-0.05, 0) is 76.2 Å². The molecule has 1 fully saturated rings. The summed E-state index contributed by atoms with van der Waals surface area (Å²) in [6, 6.07) is 61.9. The standard InChI is InChI=1S/C49H43N5/c1-49(2,3)35-27-25-33(26-28-35)47-50-46(32-15-6-4-7-16-32)51-48(52-47)34-17-14-20-37(29-34)54-43-24-13-11-22-39(43)41-30-40-38-21-10-12-23-42(38)53(44(40)31-45(41)54)36-18-8-5-9-19-36/h4-31,46-48,50-52H,1-3H3. The lowest BCUT2D eigenvalue weighted by atomic mass is 9.86. The largest absolute Gasteiger partial charge is 0.309 e. The van der Waals surface area contributed by atoms with Crippen LogP contribution in [0.25, 0.3) is 55.0 Å². The average Bonchev–Trinajstić information content (AvgIpc) is 3.72. The summed E-state index contributed by atoms with van der Waals surface area (Å²) in [5.74, 6) is 0. The van der Waals surface area contributed by atoms with E-state index in [0.29, 0.717) is 0 Å². The van der Waals surface area contributed by atoms with Crippen LogP contribution in [-0.4, -0.2) is 9.13 Å². The first kappa shape index (κ1) is 32.7. The van der Waals surface area contributed by atoms with Crippen LogP contribution in [0.2, 0.25) is 0 Å². The van der Waals surface area contributed by atoms with E-state index in [1.54, 1.807) is 0 Å². The van der Waals surface area contributed by atoms with Crippen molar-refractivity contribution in [2.45, 2.75) is 44.7 Å². The molecule has 0 saturated carbocycles. The van der Waals surface area contributed by atoms with Crippen molar-refractivity contribution in [3.05, 3.63) is 192 Å². The highest BCUT2D eigenvalue weighted by atomic mass is 15.4. The van der Waals surface area contributed by atoms with Gasteiger partial charge in [0.1, 0.15) is 0 Å². The van der Waals surface area contributed by atoms with Crippen LogP contribution in [0.15, 0.2) is 170 Å². The number of hydrogen-bond donors (Lipinski definition) is 3. The van der Waals surface area contributed by atoms with Crippen molar-refractivity contribution in [2.75, 3.05) is 0 Å². The van der Waals surface area contributed by atoms with Crippen molar-refractivity contribution in [3.8, 4) is 11.4 Å². The summed E-state index contributed by atoms with van der Waals surface area (Å²) in [4.78, 5) is 0. The van der Waals surface area contributed by atoms with Gasteiger partial charge in [-0.2, -0.15) is 0 Å². The van der Waals surface area contributed by atoms with Crippen LogP contribution in [0.4, 0.5) is 0 Å². The third kappa shape index (κ3) is 5.52. The van der Waals surface area contributed by atoms with Gasteiger partial charge in [-0.25, -0.2) is 0 Å². The maximum atomic E-state index is 3.92. The third-order valence-electron chi connectivity index (χ3n) is 11.2. The SMILES string of the molecule is CC(C)(C)c1ccc(C2NC(c3ccccc3)NC(c3cccc(-n4c5ccccc5c5cc6c7ccccc7n(-c7ccccc7)c6cc54)c3)N2)cc1. The minimum Gasteiger partial charge on any atom is -0.309 e. The Morgan fingerprint density at radius 2 is 0.833 bits per heavy atom. The molecule has 10 rings (SSSR count). The Hall–Kier alpha value is -5.98. The number of nitrogens with one attached hydrogen (secondary N) is 3. The van der Waals surface area contributed by atoms with E-state index >= 15 is 0 Å². The molecule has 0 aliphatic carbocycles. The first-order chi connectivity index (χ1) is 26.4. The summed E-state index contributed by atoms with van der Waals surface area (Å²) >= 11 is 0. The van der Waals surface area contributed by atoms with Gasteiger partial charge in [-0.15, -0.1) is 0 Å². The van der Waals surface area contributed by atoms with Crippen molar-refractivity contribution in [1.82, 2.24) is 25.1 Å². The molecule has 1 saturated heterocycles. The Kier molecular flexibility index (Phi) is 7.77. The molecule has 0 amide bonds. The summed E-state index contributed by atoms with van der Waals surface area (Å²) < 4.78 is 4.85. The molecule has 9 aromatic rings. The van der Waals surface area contributed by atoms with Gasteiger partial charge in [0, 0.05) is 32.9 Å². The Bertz CT molecular complexity index is 2790. The number of rotatable bonds is 5. The zero-order valence-electron chi connectivity index (χ0n) is 30.8. The average molecular weight is 702 g/mol. The lowest BCUT2D eigenvalue weighted by molar-refractivity contribution is 0.203. The van der Waals surface area contributed by atoms with Gasteiger partial charge in [-0.3, -0.25) is 16.0 Å². The lowest BCUT2D eigenvalue weighted by Gasteiger charge is -2.40. The van der Waals surface area contributed by atoms with Crippen LogP contribution in [0.3, 0.4) is 0 Å². The highest BCUT2D eigenvalue weighted by Crippen LogP contribution is 2.40. The topological polar surface area (TPSA) is 46.0 Å². The van der Waals surface area contributed by atoms with Gasteiger partial charge in [0.15, 0.2) is 0 Å². The molecule has 0 bridgehead atoms. The number of aromatic nitrogens is 2. The molecule has 3 unspecified atom stereocenters. The van der Waals surface area contributed by atoms with Crippen LogP contribution < -0.4 is 16.0 Å².